The fourth-order valence-electron chi connectivity index (χ4n) is 1.65. The van der Waals surface area contributed by atoms with E-state index < -0.39 is 0 Å². The van der Waals surface area contributed by atoms with Crippen molar-refractivity contribution in [3.05, 3.63) is 47.8 Å². The van der Waals surface area contributed by atoms with Crippen LogP contribution in [0, 0.1) is 0 Å². The van der Waals surface area contributed by atoms with E-state index >= 15 is 0 Å². The average molecular weight is 230 g/mol. The first-order chi connectivity index (χ1) is 8.29. The van der Waals surface area contributed by atoms with E-state index in [-0.39, 0.29) is 6.10 Å². The van der Waals surface area contributed by atoms with Crippen molar-refractivity contribution in [2.75, 3.05) is 0 Å². The van der Waals surface area contributed by atoms with Crippen LogP contribution in [0.25, 0.3) is 0 Å². The first-order valence-corrected chi connectivity index (χ1v) is 5.48. The number of para-hydroxylation sites is 1. The third-order valence-corrected chi connectivity index (χ3v) is 2.45. The van der Waals surface area contributed by atoms with Crippen LogP contribution in [0.3, 0.4) is 0 Å². The molecule has 4 heteroatoms. The molecule has 1 unspecified atom stereocenters. The molecule has 1 N–H and O–H groups in total. The molecule has 4 nitrogen and oxygen atoms in total. The first kappa shape index (κ1) is 11.4. The van der Waals surface area contributed by atoms with E-state index in [0.717, 1.165) is 17.7 Å². The molecule has 0 aliphatic heterocycles. The zero-order valence-electron chi connectivity index (χ0n) is 9.59. The van der Waals surface area contributed by atoms with Crippen molar-refractivity contribution < 1.29 is 9.53 Å². The number of aromatic nitrogens is 2. The van der Waals surface area contributed by atoms with Crippen molar-refractivity contribution in [3.8, 4) is 5.75 Å². The lowest BCUT2D eigenvalue weighted by Gasteiger charge is -2.13. The number of aromatic amines is 1. The molecule has 0 bridgehead atoms. The third kappa shape index (κ3) is 2.93. The van der Waals surface area contributed by atoms with Crippen LogP contribution in [-0.4, -0.2) is 22.6 Å². The second-order valence-electron chi connectivity index (χ2n) is 3.87. The molecule has 1 atom stereocenters. The van der Waals surface area contributed by atoms with Gasteiger partial charge in [0.05, 0.1) is 11.8 Å². The Kier molecular flexibility index (Phi) is 3.55. The van der Waals surface area contributed by atoms with Gasteiger partial charge in [0.1, 0.15) is 11.9 Å². The highest BCUT2D eigenvalue weighted by Gasteiger charge is 2.10. The molecule has 0 saturated heterocycles. The predicted octanol–water partition coefficient (Wildman–Crippen LogP) is 2.23. The van der Waals surface area contributed by atoms with Crippen LogP contribution in [0.2, 0.25) is 0 Å². The Labute approximate surface area is 99.6 Å². The molecular formula is C13H14N2O2. The van der Waals surface area contributed by atoms with Crippen molar-refractivity contribution in [3.63, 3.8) is 0 Å². The standard InChI is InChI=1S/C13H14N2O2/c1-10(17-12-5-3-2-4-6-12)7-13-11(9-16)8-14-15-13/h2-6,8-10H,7H2,1H3,(H,14,15). The molecule has 0 aliphatic carbocycles. The quantitative estimate of drug-likeness (QED) is 0.801. The molecule has 1 aromatic heterocycles. The van der Waals surface area contributed by atoms with Gasteiger partial charge < -0.3 is 4.74 Å². The van der Waals surface area contributed by atoms with Crippen LogP contribution in [0.4, 0.5) is 0 Å². The van der Waals surface area contributed by atoms with Gasteiger partial charge in [0, 0.05) is 12.1 Å². The largest absolute Gasteiger partial charge is 0.490 e. The summed E-state index contributed by atoms with van der Waals surface area (Å²) in [5, 5.41) is 6.65. The number of nitrogens with zero attached hydrogens (tertiary/aromatic N) is 1. The monoisotopic (exact) mass is 230 g/mol. The van der Waals surface area contributed by atoms with E-state index in [1.54, 1.807) is 0 Å². The molecule has 0 spiro atoms. The second kappa shape index (κ2) is 5.30. The minimum atomic E-state index is -0.0171. The van der Waals surface area contributed by atoms with E-state index in [2.05, 4.69) is 10.2 Å². The predicted molar refractivity (Wildman–Crippen MR) is 64.2 cm³/mol. The minimum absolute atomic E-state index is 0.0171. The molecule has 2 rings (SSSR count). The summed E-state index contributed by atoms with van der Waals surface area (Å²) in [6.45, 7) is 1.96. The van der Waals surface area contributed by atoms with Crippen LogP contribution in [0.1, 0.15) is 23.0 Å². The van der Waals surface area contributed by atoms with Crippen molar-refractivity contribution in [2.24, 2.45) is 0 Å². The average Bonchev–Trinajstić information content (AvgIpc) is 2.77. The number of H-pyrrole nitrogens is 1. The maximum absolute atomic E-state index is 10.7. The highest BCUT2D eigenvalue weighted by molar-refractivity contribution is 5.75. The molecule has 0 amide bonds. The topological polar surface area (TPSA) is 55.0 Å². The Bertz CT molecular complexity index is 479. The Balaban J connectivity index is 1.98. The van der Waals surface area contributed by atoms with Crippen LogP contribution in [0.15, 0.2) is 36.5 Å². The Hall–Kier alpha value is -2.10. The molecule has 17 heavy (non-hydrogen) atoms. The fourth-order valence-corrected chi connectivity index (χ4v) is 1.65. The van der Waals surface area contributed by atoms with Crippen molar-refractivity contribution >= 4 is 6.29 Å². The van der Waals surface area contributed by atoms with Crippen molar-refractivity contribution in [2.45, 2.75) is 19.4 Å². The summed E-state index contributed by atoms with van der Waals surface area (Å²) >= 11 is 0. The van der Waals surface area contributed by atoms with Gasteiger partial charge in [-0.15, -0.1) is 0 Å². The Morgan fingerprint density at radius 1 is 1.41 bits per heavy atom. The van der Waals surface area contributed by atoms with Crippen LogP contribution >= 0.6 is 0 Å². The molecular weight excluding hydrogens is 216 g/mol. The van der Waals surface area contributed by atoms with E-state index in [9.17, 15) is 4.79 Å². The van der Waals surface area contributed by atoms with E-state index in [1.165, 1.54) is 6.20 Å². The molecule has 0 radical (unpaired) electrons. The molecule has 1 heterocycles. The number of nitrogens with one attached hydrogen (secondary N) is 1. The fraction of sp³-hybridized carbons (Fsp3) is 0.231. The summed E-state index contributed by atoms with van der Waals surface area (Å²) in [5.41, 5.74) is 1.40. The van der Waals surface area contributed by atoms with E-state index in [1.807, 2.05) is 37.3 Å². The molecule has 0 aliphatic rings. The van der Waals surface area contributed by atoms with Crippen molar-refractivity contribution in [1.82, 2.24) is 10.2 Å². The van der Waals surface area contributed by atoms with Gasteiger partial charge in [-0.1, -0.05) is 18.2 Å². The van der Waals surface area contributed by atoms with E-state index in [4.69, 9.17) is 4.74 Å². The van der Waals surface area contributed by atoms with Gasteiger partial charge in [-0.3, -0.25) is 9.89 Å². The number of hydrogen-bond donors (Lipinski definition) is 1. The van der Waals surface area contributed by atoms with E-state index in [0.29, 0.717) is 12.0 Å². The summed E-state index contributed by atoms with van der Waals surface area (Å²) in [6, 6.07) is 9.61. The van der Waals surface area contributed by atoms with Crippen LogP contribution in [0.5, 0.6) is 5.75 Å². The molecule has 0 saturated carbocycles. The SMILES string of the molecule is CC(Cc1[nH]ncc1C=O)Oc1ccccc1. The van der Waals surface area contributed by atoms with Crippen LogP contribution in [-0.2, 0) is 6.42 Å². The van der Waals surface area contributed by atoms with Crippen molar-refractivity contribution in [1.29, 1.82) is 0 Å². The lowest BCUT2D eigenvalue weighted by Crippen LogP contribution is -2.16. The van der Waals surface area contributed by atoms with Gasteiger partial charge in [0.15, 0.2) is 6.29 Å². The lowest BCUT2D eigenvalue weighted by atomic mass is 10.1. The highest BCUT2D eigenvalue weighted by Crippen LogP contribution is 2.13. The third-order valence-electron chi connectivity index (χ3n) is 2.45. The summed E-state index contributed by atoms with van der Waals surface area (Å²) in [6.07, 6.45) is 2.94. The van der Waals surface area contributed by atoms with Gasteiger partial charge in [0.25, 0.3) is 0 Å². The molecule has 0 fully saturated rings. The van der Waals surface area contributed by atoms with Gasteiger partial charge in [-0.05, 0) is 19.1 Å². The number of carbonyl (C=O) groups is 1. The first-order valence-electron chi connectivity index (χ1n) is 5.48. The summed E-state index contributed by atoms with van der Waals surface area (Å²) in [4.78, 5) is 10.7. The Morgan fingerprint density at radius 3 is 2.88 bits per heavy atom. The molecule has 88 valence electrons. The summed E-state index contributed by atoms with van der Waals surface area (Å²) in [7, 11) is 0. The normalized spacial score (nSPS) is 12.1. The highest BCUT2D eigenvalue weighted by atomic mass is 16.5. The van der Waals surface area contributed by atoms with Gasteiger partial charge in [-0.2, -0.15) is 5.10 Å². The Morgan fingerprint density at radius 2 is 2.18 bits per heavy atom. The number of carbonyl (C=O) groups excluding carboxylic acids is 1. The summed E-state index contributed by atoms with van der Waals surface area (Å²) in [5.74, 6) is 0.826. The minimum Gasteiger partial charge on any atom is -0.490 e. The summed E-state index contributed by atoms with van der Waals surface area (Å²) < 4.78 is 5.72. The number of hydrogen-bond acceptors (Lipinski definition) is 3. The maximum atomic E-state index is 10.7. The molecule has 2 aromatic rings. The number of benzene rings is 1. The number of rotatable bonds is 5. The van der Waals surface area contributed by atoms with Gasteiger partial charge >= 0.3 is 0 Å². The lowest BCUT2D eigenvalue weighted by molar-refractivity contribution is 0.112. The smallest absolute Gasteiger partial charge is 0.153 e. The zero-order chi connectivity index (χ0) is 12.1. The maximum Gasteiger partial charge on any atom is 0.153 e. The molecule has 1 aromatic carbocycles. The number of ether oxygens (including phenoxy) is 1. The number of aldehydes is 1. The second-order valence-corrected chi connectivity index (χ2v) is 3.87. The zero-order valence-corrected chi connectivity index (χ0v) is 9.59. The van der Waals surface area contributed by atoms with Gasteiger partial charge in [-0.25, -0.2) is 0 Å². The van der Waals surface area contributed by atoms with Crippen LogP contribution < -0.4 is 4.74 Å². The van der Waals surface area contributed by atoms with Gasteiger partial charge in [0.2, 0.25) is 0 Å².